The van der Waals surface area contributed by atoms with Crippen molar-refractivity contribution in [1.29, 1.82) is 0 Å². The predicted molar refractivity (Wildman–Crippen MR) is 98.8 cm³/mol. The molecule has 0 aliphatic carbocycles. The lowest BCUT2D eigenvalue weighted by molar-refractivity contribution is -0.137. The lowest BCUT2D eigenvalue weighted by Crippen LogP contribution is -2.48. The highest BCUT2D eigenvalue weighted by molar-refractivity contribution is 5.93. The van der Waals surface area contributed by atoms with Crippen molar-refractivity contribution in [3.63, 3.8) is 0 Å². The Kier molecular flexibility index (Phi) is 6.17. The normalized spacial score (nSPS) is 11.7. The Balaban J connectivity index is 2.03. The van der Waals surface area contributed by atoms with Gasteiger partial charge in [0, 0.05) is 5.69 Å². The van der Waals surface area contributed by atoms with Gasteiger partial charge in [-0.3, -0.25) is 0 Å². The number of esters is 1. The topological polar surface area (TPSA) is 67.4 Å². The molecule has 2 aromatic rings. The van der Waals surface area contributed by atoms with E-state index in [1.54, 1.807) is 18.2 Å². The van der Waals surface area contributed by atoms with Gasteiger partial charge >= 0.3 is 12.0 Å². The number of carbonyl (C=O) groups excluding carboxylic acids is 2. The number of amides is 2. The Bertz CT molecular complexity index is 742. The van der Waals surface area contributed by atoms with Crippen LogP contribution in [0.3, 0.4) is 0 Å². The van der Waals surface area contributed by atoms with Gasteiger partial charge in [-0.2, -0.15) is 0 Å². The molecule has 5 heteroatoms. The summed E-state index contributed by atoms with van der Waals surface area (Å²) in [7, 11) is 0. The number of para-hydroxylation sites is 1. The number of anilines is 1. The van der Waals surface area contributed by atoms with Crippen LogP contribution in [-0.4, -0.2) is 18.0 Å². The van der Waals surface area contributed by atoms with Gasteiger partial charge in [0.1, 0.15) is 11.8 Å². The van der Waals surface area contributed by atoms with Gasteiger partial charge in [-0.05, 0) is 43.5 Å². The fourth-order valence-electron chi connectivity index (χ4n) is 2.41. The molecule has 25 heavy (non-hydrogen) atoms. The summed E-state index contributed by atoms with van der Waals surface area (Å²) >= 11 is 0. The first kappa shape index (κ1) is 18.5. The Hall–Kier alpha value is -2.82. The van der Waals surface area contributed by atoms with E-state index in [0.717, 1.165) is 11.1 Å². The first-order valence-electron chi connectivity index (χ1n) is 8.28. The molecule has 0 aliphatic heterocycles. The molecule has 0 aliphatic rings. The number of rotatable bonds is 5. The van der Waals surface area contributed by atoms with E-state index in [1.807, 2.05) is 58.0 Å². The average molecular weight is 340 g/mol. The van der Waals surface area contributed by atoms with E-state index in [2.05, 4.69) is 10.6 Å². The zero-order valence-electron chi connectivity index (χ0n) is 15.0. The highest BCUT2D eigenvalue weighted by atomic mass is 16.5. The van der Waals surface area contributed by atoms with E-state index in [0.29, 0.717) is 11.4 Å². The Morgan fingerprint density at radius 1 is 1.00 bits per heavy atom. The SMILES string of the molecule is Cc1ccc(OC(=O)C(NC(=O)Nc2ccccc2)C(C)C)c(C)c1. The van der Waals surface area contributed by atoms with E-state index >= 15 is 0 Å². The predicted octanol–water partition coefficient (Wildman–Crippen LogP) is 4.06. The highest BCUT2D eigenvalue weighted by Gasteiger charge is 2.26. The highest BCUT2D eigenvalue weighted by Crippen LogP contribution is 2.20. The van der Waals surface area contributed by atoms with Gasteiger partial charge in [0.25, 0.3) is 0 Å². The van der Waals surface area contributed by atoms with Gasteiger partial charge < -0.3 is 15.4 Å². The first-order valence-corrected chi connectivity index (χ1v) is 8.28. The van der Waals surface area contributed by atoms with Gasteiger partial charge in [0.2, 0.25) is 0 Å². The van der Waals surface area contributed by atoms with Crippen LogP contribution in [0.15, 0.2) is 48.5 Å². The zero-order chi connectivity index (χ0) is 18.4. The summed E-state index contributed by atoms with van der Waals surface area (Å²) in [6.07, 6.45) is 0. The van der Waals surface area contributed by atoms with Crippen LogP contribution >= 0.6 is 0 Å². The van der Waals surface area contributed by atoms with Crippen LogP contribution in [0.25, 0.3) is 0 Å². The second-order valence-electron chi connectivity index (χ2n) is 6.38. The number of hydrogen-bond donors (Lipinski definition) is 2. The summed E-state index contributed by atoms with van der Waals surface area (Å²) in [5.74, 6) is -0.0866. The van der Waals surface area contributed by atoms with Crippen molar-refractivity contribution < 1.29 is 14.3 Å². The molecule has 0 fully saturated rings. The molecule has 2 N–H and O–H groups in total. The molecule has 0 saturated carbocycles. The van der Waals surface area contributed by atoms with Crippen molar-refractivity contribution in [3.8, 4) is 5.75 Å². The third kappa shape index (κ3) is 5.35. The van der Waals surface area contributed by atoms with Crippen molar-refractivity contribution in [2.75, 3.05) is 5.32 Å². The lowest BCUT2D eigenvalue weighted by Gasteiger charge is -2.21. The minimum Gasteiger partial charge on any atom is -0.425 e. The molecule has 2 aromatic carbocycles. The van der Waals surface area contributed by atoms with E-state index in [-0.39, 0.29) is 5.92 Å². The number of aryl methyl sites for hydroxylation is 2. The molecule has 1 atom stereocenters. The van der Waals surface area contributed by atoms with Gasteiger partial charge in [-0.1, -0.05) is 49.7 Å². The first-order chi connectivity index (χ1) is 11.9. The second kappa shape index (κ2) is 8.33. The number of urea groups is 1. The van der Waals surface area contributed by atoms with Crippen LogP contribution in [0.1, 0.15) is 25.0 Å². The van der Waals surface area contributed by atoms with E-state index in [1.165, 1.54) is 0 Å². The monoisotopic (exact) mass is 340 g/mol. The molecular weight excluding hydrogens is 316 g/mol. The molecule has 0 aromatic heterocycles. The summed E-state index contributed by atoms with van der Waals surface area (Å²) in [6.45, 7) is 7.58. The third-order valence-corrected chi connectivity index (χ3v) is 3.78. The number of benzene rings is 2. The quantitative estimate of drug-likeness (QED) is 0.637. The largest absolute Gasteiger partial charge is 0.425 e. The van der Waals surface area contributed by atoms with Crippen molar-refractivity contribution in [2.45, 2.75) is 33.7 Å². The molecule has 1 unspecified atom stereocenters. The minimum absolute atomic E-state index is 0.111. The molecule has 0 spiro atoms. The van der Waals surface area contributed by atoms with Gasteiger partial charge in [0.15, 0.2) is 0 Å². The summed E-state index contributed by atoms with van der Waals surface area (Å²) in [6, 6.07) is 13.5. The second-order valence-corrected chi connectivity index (χ2v) is 6.38. The smallest absolute Gasteiger partial charge is 0.334 e. The van der Waals surface area contributed by atoms with Crippen LogP contribution in [0.5, 0.6) is 5.75 Å². The van der Waals surface area contributed by atoms with E-state index in [4.69, 9.17) is 4.74 Å². The summed E-state index contributed by atoms with van der Waals surface area (Å²) in [5, 5.41) is 5.40. The Morgan fingerprint density at radius 3 is 2.28 bits per heavy atom. The fraction of sp³-hybridized carbons (Fsp3) is 0.300. The van der Waals surface area contributed by atoms with Crippen molar-refractivity contribution in [3.05, 3.63) is 59.7 Å². The van der Waals surface area contributed by atoms with Crippen molar-refractivity contribution in [1.82, 2.24) is 5.32 Å². The Labute approximate surface area is 148 Å². The van der Waals surface area contributed by atoms with E-state index in [9.17, 15) is 9.59 Å². The molecule has 0 saturated heterocycles. The van der Waals surface area contributed by atoms with Crippen LogP contribution < -0.4 is 15.4 Å². The third-order valence-electron chi connectivity index (χ3n) is 3.78. The maximum Gasteiger partial charge on any atom is 0.334 e. The van der Waals surface area contributed by atoms with Crippen LogP contribution in [0, 0.1) is 19.8 Å². The molecule has 132 valence electrons. The molecule has 0 heterocycles. The number of ether oxygens (including phenoxy) is 1. The molecular formula is C20H24N2O3. The minimum atomic E-state index is -0.746. The summed E-state index contributed by atoms with van der Waals surface area (Å²) in [4.78, 5) is 24.7. The van der Waals surface area contributed by atoms with Crippen molar-refractivity contribution in [2.24, 2.45) is 5.92 Å². The number of carbonyl (C=O) groups is 2. The van der Waals surface area contributed by atoms with Crippen LogP contribution in [-0.2, 0) is 4.79 Å². The fourth-order valence-corrected chi connectivity index (χ4v) is 2.41. The molecule has 0 radical (unpaired) electrons. The maximum atomic E-state index is 12.5. The summed E-state index contributed by atoms with van der Waals surface area (Å²) < 4.78 is 5.49. The molecule has 0 bridgehead atoms. The van der Waals surface area contributed by atoms with Crippen LogP contribution in [0.4, 0.5) is 10.5 Å². The zero-order valence-corrected chi connectivity index (χ0v) is 15.0. The van der Waals surface area contributed by atoms with Gasteiger partial charge in [-0.15, -0.1) is 0 Å². The number of hydrogen-bond acceptors (Lipinski definition) is 3. The maximum absolute atomic E-state index is 12.5. The molecule has 5 nitrogen and oxygen atoms in total. The van der Waals surface area contributed by atoms with Gasteiger partial charge in [-0.25, -0.2) is 9.59 Å². The standard InChI is InChI=1S/C20H24N2O3/c1-13(2)18(22-20(24)21-16-8-6-5-7-9-16)19(23)25-17-11-10-14(3)12-15(17)4/h5-13,18H,1-4H3,(H2,21,22,24). The molecule has 2 rings (SSSR count). The van der Waals surface area contributed by atoms with Gasteiger partial charge in [0.05, 0.1) is 0 Å². The summed E-state index contributed by atoms with van der Waals surface area (Å²) in [5.41, 5.74) is 2.63. The van der Waals surface area contributed by atoms with Crippen molar-refractivity contribution >= 4 is 17.7 Å². The number of nitrogens with one attached hydrogen (secondary N) is 2. The molecule has 2 amide bonds. The lowest BCUT2D eigenvalue weighted by atomic mass is 10.0. The Morgan fingerprint density at radius 2 is 1.68 bits per heavy atom. The van der Waals surface area contributed by atoms with Crippen LogP contribution in [0.2, 0.25) is 0 Å². The average Bonchev–Trinajstić information content (AvgIpc) is 2.55. The van der Waals surface area contributed by atoms with E-state index < -0.39 is 18.0 Å².